The van der Waals surface area contributed by atoms with E-state index in [0.29, 0.717) is 12.8 Å². The van der Waals surface area contributed by atoms with E-state index in [4.69, 9.17) is 0 Å². The molecule has 0 unspecified atom stereocenters. The Kier molecular flexibility index (Phi) is 4.70. The van der Waals surface area contributed by atoms with E-state index in [1.807, 2.05) is 0 Å². The summed E-state index contributed by atoms with van der Waals surface area (Å²) in [5.41, 5.74) is -0.621. The molecule has 7 heteroatoms. The molecule has 1 saturated heterocycles. The lowest BCUT2D eigenvalue weighted by Crippen LogP contribution is -2.34. The lowest BCUT2D eigenvalue weighted by molar-refractivity contribution is -0.138. The number of carbonyl (C=O) groups is 1. The minimum atomic E-state index is -4.45. The van der Waals surface area contributed by atoms with Crippen molar-refractivity contribution in [3.05, 3.63) is 28.2 Å². The number of carbonyl (C=O) groups excluding carboxylic acids is 1. The molecule has 0 atom stereocenters. The zero-order valence-electron chi connectivity index (χ0n) is 10.6. The van der Waals surface area contributed by atoms with Crippen LogP contribution in [0.4, 0.5) is 18.9 Å². The molecule has 1 amide bonds. The summed E-state index contributed by atoms with van der Waals surface area (Å²) in [6.45, 7) is 1.51. The summed E-state index contributed by atoms with van der Waals surface area (Å²) in [5.74, 6) is -0.365. The predicted molar refractivity (Wildman–Crippen MR) is 73.4 cm³/mol. The molecule has 0 radical (unpaired) electrons. The maximum atomic E-state index is 12.8. The highest BCUT2D eigenvalue weighted by Gasteiger charge is 2.33. The number of hydrogen-bond donors (Lipinski definition) is 2. The summed E-state index contributed by atoms with van der Waals surface area (Å²) < 4.78 is 38.3. The van der Waals surface area contributed by atoms with Crippen LogP contribution in [0.25, 0.3) is 0 Å². The number of nitrogens with one attached hydrogen (secondary N) is 2. The zero-order chi connectivity index (χ0) is 14.8. The van der Waals surface area contributed by atoms with Crippen LogP contribution in [0.1, 0.15) is 18.4 Å². The number of alkyl halides is 3. The first-order chi connectivity index (χ1) is 9.38. The van der Waals surface area contributed by atoms with Gasteiger partial charge in [-0.05, 0) is 44.1 Å². The van der Waals surface area contributed by atoms with Crippen LogP contribution >= 0.6 is 15.9 Å². The van der Waals surface area contributed by atoms with E-state index in [1.165, 1.54) is 12.1 Å². The highest BCUT2D eigenvalue weighted by atomic mass is 79.9. The second-order valence-electron chi connectivity index (χ2n) is 4.71. The number of piperidine rings is 1. The summed E-state index contributed by atoms with van der Waals surface area (Å²) in [6.07, 6.45) is -3.04. The van der Waals surface area contributed by atoms with E-state index in [0.717, 1.165) is 19.2 Å². The summed E-state index contributed by atoms with van der Waals surface area (Å²) in [7, 11) is 0. The third kappa shape index (κ3) is 3.73. The van der Waals surface area contributed by atoms with Gasteiger partial charge in [-0.15, -0.1) is 0 Å². The fraction of sp³-hybridized carbons (Fsp3) is 0.462. The number of benzene rings is 1. The molecule has 0 aromatic heterocycles. The molecule has 110 valence electrons. The van der Waals surface area contributed by atoms with Gasteiger partial charge in [0.2, 0.25) is 5.91 Å². The Labute approximate surface area is 123 Å². The van der Waals surface area contributed by atoms with E-state index in [2.05, 4.69) is 26.6 Å². The average molecular weight is 351 g/mol. The topological polar surface area (TPSA) is 41.1 Å². The molecule has 0 aliphatic carbocycles. The molecular weight excluding hydrogens is 337 g/mol. The zero-order valence-corrected chi connectivity index (χ0v) is 12.1. The van der Waals surface area contributed by atoms with E-state index < -0.39 is 11.7 Å². The summed E-state index contributed by atoms with van der Waals surface area (Å²) in [5, 5.41) is 5.70. The molecule has 1 heterocycles. The first-order valence-corrected chi connectivity index (χ1v) is 7.05. The van der Waals surface area contributed by atoms with Crippen molar-refractivity contribution in [2.75, 3.05) is 18.4 Å². The molecule has 0 spiro atoms. The Hall–Kier alpha value is -1.08. The molecule has 1 aromatic rings. The first-order valence-electron chi connectivity index (χ1n) is 6.26. The van der Waals surface area contributed by atoms with Gasteiger partial charge in [0.25, 0.3) is 0 Å². The molecule has 2 N–H and O–H groups in total. The average Bonchev–Trinajstić information content (AvgIpc) is 2.40. The van der Waals surface area contributed by atoms with Crippen molar-refractivity contribution in [1.82, 2.24) is 5.32 Å². The second-order valence-corrected chi connectivity index (χ2v) is 5.56. The maximum Gasteiger partial charge on any atom is 0.417 e. The van der Waals surface area contributed by atoms with Gasteiger partial charge >= 0.3 is 6.18 Å². The lowest BCUT2D eigenvalue weighted by atomic mass is 9.97. The van der Waals surface area contributed by atoms with Gasteiger partial charge in [0.05, 0.1) is 5.56 Å². The highest BCUT2D eigenvalue weighted by Crippen LogP contribution is 2.36. The van der Waals surface area contributed by atoms with E-state index in [-0.39, 0.29) is 22.0 Å². The lowest BCUT2D eigenvalue weighted by Gasteiger charge is -2.22. The normalized spacial score (nSPS) is 17.0. The molecule has 1 aliphatic heterocycles. The van der Waals surface area contributed by atoms with Gasteiger partial charge < -0.3 is 10.6 Å². The summed E-state index contributed by atoms with van der Waals surface area (Å²) in [6, 6.07) is 3.70. The van der Waals surface area contributed by atoms with Crippen molar-refractivity contribution in [1.29, 1.82) is 0 Å². The smallest absolute Gasteiger partial charge is 0.326 e. The van der Waals surface area contributed by atoms with Crippen LogP contribution in [0.3, 0.4) is 0 Å². The molecule has 1 aliphatic rings. The van der Waals surface area contributed by atoms with Gasteiger partial charge in [-0.2, -0.15) is 13.2 Å². The van der Waals surface area contributed by atoms with E-state index >= 15 is 0 Å². The van der Waals surface area contributed by atoms with Gasteiger partial charge in [0, 0.05) is 16.1 Å². The van der Waals surface area contributed by atoms with Gasteiger partial charge in [0.15, 0.2) is 0 Å². The molecule has 1 fully saturated rings. The van der Waals surface area contributed by atoms with E-state index in [1.54, 1.807) is 0 Å². The standard InChI is InChI=1S/C13H14BrF3N2O/c14-11-2-1-9(7-10(11)13(15,16)17)19-12(20)8-3-5-18-6-4-8/h1-2,7-8,18H,3-6H2,(H,19,20). The van der Waals surface area contributed by atoms with Gasteiger partial charge in [-0.1, -0.05) is 15.9 Å². The Bertz CT molecular complexity index is 499. The molecule has 1 aromatic carbocycles. The third-order valence-electron chi connectivity index (χ3n) is 3.25. The molecule has 2 rings (SSSR count). The molecular formula is C13H14BrF3N2O. The number of amides is 1. The minimum absolute atomic E-state index is 0.0372. The van der Waals surface area contributed by atoms with Gasteiger partial charge in [0.1, 0.15) is 0 Å². The van der Waals surface area contributed by atoms with Crippen molar-refractivity contribution in [2.24, 2.45) is 5.92 Å². The fourth-order valence-corrected chi connectivity index (χ4v) is 2.62. The molecule has 0 bridgehead atoms. The van der Waals surface area contributed by atoms with Crippen LogP contribution < -0.4 is 10.6 Å². The SMILES string of the molecule is O=C(Nc1ccc(Br)c(C(F)(F)F)c1)C1CCNCC1. The minimum Gasteiger partial charge on any atom is -0.326 e. The van der Waals surface area contributed by atoms with Crippen LogP contribution in [-0.4, -0.2) is 19.0 Å². The second kappa shape index (κ2) is 6.13. The van der Waals surface area contributed by atoms with Crippen molar-refractivity contribution in [3.8, 4) is 0 Å². The largest absolute Gasteiger partial charge is 0.417 e. The Morgan fingerprint density at radius 1 is 1.30 bits per heavy atom. The Morgan fingerprint density at radius 3 is 2.55 bits per heavy atom. The third-order valence-corrected chi connectivity index (χ3v) is 3.94. The van der Waals surface area contributed by atoms with Crippen LogP contribution in [0.5, 0.6) is 0 Å². The van der Waals surface area contributed by atoms with Crippen molar-refractivity contribution < 1.29 is 18.0 Å². The predicted octanol–water partition coefficient (Wildman–Crippen LogP) is 3.41. The Balaban J connectivity index is 2.11. The fourth-order valence-electron chi connectivity index (χ4n) is 2.15. The summed E-state index contributed by atoms with van der Waals surface area (Å²) in [4.78, 5) is 12.0. The molecule has 20 heavy (non-hydrogen) atoms. The monoisotopic (exact) mass is 350 g/mol. The van der Waals surface area contributed by atoms with Crippen LogP contribution in [-0.2, 0) is 11.0 Å². The number of halogens is 4. The first kappa shape index (κ1) is 15.3. The number of anilines is 1. The number of hydrogen-bond acceptors (Lipinski definition) is 2. The highest BCUT2D eigenvalue weighted by molar-refractivity contribution is 9.10. The van der Waals surface area contributed by atoms with Crippen LogP contribution in [0.2, 0.25) is 0 Å². The van der Waals surface area contributed by atoms with E-state index in [9.17, 15) is 18.0 Å². The van der Waals surface area contributed by atoms with Crippen LogP contribution in [0, 0.1) is 5.92 Å². The molecule has 0 saturated carbocycles. The van der Waals surface area contributed by atoms with Crippen LogP contribution in [0.15, 0.2) is 22.7 Å². The number of rotatable bonds is 2. The summed E-state index contributed by atoms with van der Waals surface area (Å²) >= 11 is 2.87. The maximum absolute atomic E-state index is 12.8. The van der Waals surface area contributed by atoms with Crippen molar-refractivity contribution >= 4 is 27.5 Å². The van der Waals surface area contributed by atoms with Gasteiger partial charge in [-0.3, -0.25) is 4.79 Å². The van der Waals surface area contributed by atoms with Gasteiger partial charge in [-0.25, -0.2) is 0 Å². The quantitative estimate of drug-likeness (QED) is 0.858. The van der Waals surface area contributed by atoms with Crippen molar-refractivity contribution in [2.45, 2.75) is 19.0 Å². The van der Waals surface area contributed by atoms with Crippen molar-refractivity contribution in [3.63, 3.8) is 0 Å². The molecule has 3 nitrogen and oxygen atoms in total. The Morgan fingerprint density at radius 2 is 1.95 bits per heavy atom.